The van der Waals surface area contributed by atoms with Crippen LogP contribution >= 0.6 is 11.6 Å². The molecule has 0 radical (unpaired) electrons. The normalized spacial score (nSPS) is 18.5. The molecule has 1 aromatic heterocycles. The summed E-state index contributed by atoms with van der Waals surface area (Å²) in [6.07, 6.45) is 0.824. The maximum Gasteiger partial charge on any atom is 0.276 e. The molecule has 2 aromatic rings. The van der Waals surface area contributed by atoms with Crippen LogP contribution in [0.2, 0.25) is 5.02 Å². The number of likely N-dealkylation sites (tertiary alicyclic amines) is 1. The zero-order valence-electron chi connectivity index (χ0n) is 10.8. The Labute approximate surface area is 121 Å². The van der Waals surface area contributed by atoms with Crippen molar-refractivity contribution in [3.63, 3.8) is 0 Å². The highest BCUT2D eigenvalue weighted by molar-refractivity contribution is 6.30. The van der Waals surface area contributed by atoms with Crippen molar-refractivity contribution in [1.82, 2.24) is 10.1 Å². The molecule has 0 bridgehead atoms. The highest BCUT2D eigenvalue weighted by Gasteiger charge is 2.26. The maximum absolute atomic E-state index is 12.2. The number of nitrogens with two attached hydrogens (primary N) is 1. The number of carbonyl (C=O) groups excluding carboxylic acids is 1. The second-order valence-corrected chi connectivity index (χ2v) is 5.32. The minimum absolute atomic E-state index is 0.0539. The summed E-state index contributed by atoms with van der Waals surface area (Å²) < 4.78 is 5.23. The molecule has 2 heterocycles. The average molecular weight is 292 g/mol. The van der Waals surface area contributed by atoms with Gasteiger partial charge in [-0.1, -0.05) is 28.9 Å². The summed E-state index contributed by atoms with van der Waals surface area (Å²) in [7, 11) is 0. The smallest absolute Gasteiger partial charge is 0.276 e. The van der Waals surface area contributed by atoms with E-state index in [-0.39, 0.29) is 11.9 Å². The number of amides is 1. The van der Waals surface area contributed by atoms with Crippen LogP contribution in [-0.2, 0) is 0 Å². The van der Waals surface area contributed by atoms with Crippen LogP contribution in [0, 0.1) is 0 Å². The van der Waals surface area contributed by atoms with Gasteiger partial charge in [0.1, 0.15) is 0 Å². The lowest BCUT2D eigenvalue weighted by molar-refractivity contribution is 0.0780. The van der Waals surface area contributed by atoms with Crippen LogP contribution in [0.1, 0.15) is 16.9 Å². The molecule has 2 N–H and O–H groups in total. The fourth-order valence-electron chi connectivity index (χ4n) is 2.29. The van der Waals surface area contributed by atoms with Crippen molar-refractivity contribution >= 4 is 17.5 Å². The summed E-state index contributed by atoms with van der Waals surface area (Å²) in [4.78, 5) is 13.9. The lowest BCUT2D eigenvalue weighted by atomic mass is 10.1. The molecule has 0 saturated carbocycles. The molecule has 0 spiro atoms. The molecular formula is C14H14ClN3O2. The first-order valence-electron chi connectivity index (χ1n) is 6.41. The lowest BCUT2D eigenvalue weighted by Gasteiger charge is -2.12. The van der Waals surface area contributed by atoms with Crippen molar-refractivity contribution in [2.75, 3.05) is 13.1 Å². The number of benzene rings is 1. The molecule has 0 aliphatic carbocycles. The number of aromatic nitrogens is 1. The Bertz CT molecular complexity index is 641. The van der Waals surface area contributed by atoms with E-state index < -0.39 is 0 Å². The predicted octanol–water partition coefficient (Wildman–Crippen LogP) is 2.17. The number of rotatable bonds is 2. The van der Waals surface area contributed by atoms with Crippen LogP contribution in [-0.4, -0.2) is 35.1 Å². The summed E-state index contributed by atoms with van der Waals surface area (Å²) in [6, 6.07) is 8.91. The Kier molecular flexibility index (Phi) is 3.46. The van der Waals surface area contributed by atoms with E-state index in [1.807, 2.05) is 12.1 Å². The zero-order valence-corrected chi connectivity index (χ0v) is 11.5. The van der Waals surface area contributed by atoms with Crippen LogP contribution in [0.3, 0.4) is 0 Å². The molecule has 0 unspecified atom stereocenters. The second-order valence-electron chi connectivity index (χ2n) is 4.89. The molecule has 1 atom stereocenters. The first kappa shape index (κ1) is 13.1. The van der Waals surface area contributed by atoms with Gasteiger partial charge >= 0.3 is 0 Å². The fraction of sp³-hybridized carbons (Fsp3) is 0.286. The Balaban J connectivity index is 1.81. The van der Waals surface area contributed by atoms with E-state index in [0.29, 0.717) is 29.6 Å². The molecular weight excluding hydrogens is 278 g/mol. The van der Waals surface area contributed by atoms with E-state index in [9.17, 15) is 4.79 Å². The highest BCUT2D eigenvalue weighted by Crippen LogP contribution is 2.24. The van der Waals surface area contributed by atoms with Gasteiger partial charge in [0.15, 0.2) is 11.5 Å². The van der Waals surface area contributed by atoms with Gasteiger partial charge in [-0.05, 0) is 18.6 Å². The Morgan fingerprint density at radius 1 is 1.45 bits per heavy atom. The van der Waals surface area contributed by atoms with E-state index in [1.165, 1.54) is 0 Å². The van der Waals surface area contributed by atoms with Crippen molar-refractivity contribution in [2.24, 2.45) is 5.73 Å². The highest BCUT2D eigenvalue weighted by atomic mass is 35.5. The Morgan fingerprint density at radius 2 is 2.30 bits per heavy atom. The van der Waals surface area contributed by atoms with Crippen LogP contribution in [0.4, 0.5) is 0 Å². The minimum Gasteiger partial charge on any atom is -0.355 e. The molecule has 1 fully saturated rings. The molecule has 3 rings (SSSR count). The summed E-state index contributed by atoms with van der Waals surface area (Å²) in [5, 5.41) is 4.45. The number of halogens is 1. The van der Waals surface area contributed by atoms with Gasteiger partial charge in [-0.15, -0.1) is 0 Å². The third-order valence-electron chi connectivity index (χ3n) is 3.35. The molecule has 20 heavy (non-hydrogen) atoms. The second kappa shape index (κ2) is 5.26. The molecule has 1 aliphatic heterocycles. The molecule has 1 aromatic carbocycles. The average Bonchev–Trinajstić information content (AvgIpc) is 3.07. The SMILES string of the molecule is N[C@@H]1CCN(C(=O)c2cc(-c3cccc(Cl)c3)on2)C1. The molecule has 1 saturated heterocycles. The van der Waals surface area contributed by atoms with E-state index in [2.05, 4.69) is 5.16 Å². The number of carbonyl (C=O) groups is 1. The van der Waals surface area contributed by atoms with Crippen molar-refractivity contribution in [3.8, 4) is 11.3 Å². The zero-order chi connectivity index (χ0) is 14.1. The summed E-state index contributed by atoms with van der Waals surface area (Å²) >= 11 is 5.93. The summed E-state index contributed by atoms with van der Waals surface area (Å²) in [5.74, 6) is 0.384. The maximum atomic E-state index is 12.2. The standard InChI is InChI=1S/C14H14ClN3O2/c15-10-3-1-2-9(6-10)13-7-12(17-20-13)14(19)18-5-4-11(16)8-18/h1-3,6-7,11H,4-5,8,16H2/t11-/m1/s1. The number of hydrogen-bond donors (Lipinski definition) is 1. The van der Waals surface area contributed by atoms with Gasteiger partial charge in [-0.2, -0.15) is 0 Å². The van der Waals surface area contributed by atoms with Gasteiger partial charge in [0, 0.05) is 35.8 Å². The number of hydrogen-bond acceptors (Lipinski definition) is 4. The van der Waals surface area contributed by atoms with Gasteiger partial charge in [0.05, 0.1) is 0 Å². The first-order chi connectivity index (χ1) is 9.63. The van der Waals surface area contributed by atoms with Crippen LogP contribution < -0.4 is 5.73 Å². The van der Waals surface area contributed by atoms with Crippen LogP contribution in [0.25, 0.3) is 11.3 Å². The van der Waals surface area contributed by atoms with Gasteiger partial charge < -0.3 is 15.2 Å². The molecule has 1 amide bonds. The van der Waals surface area contributed by atoms with Gasteiger partial charge in [-0.3, -0.25) is 4.79 Å². The Hall–Kier alpha value is -1.85. The third kappa shape index (κ3) is 2.55. The van der Waals surface area contributed by atoms with Crippen molar-refractivity contribution in [1.29, 1.82) is 0 Å². The van der Waals surface area contributed by atoms with Crippen molar-refractivity contribution in [2.45, 2.75) is 12.5 Å². The topological polar surface area (TPSA) is 72.4 Å². The van der Waals surface area contributed by atoms with Gasteiger partial charge in [-0.25, -0.2) is 0 Å². The van der Waals surface area contributed by atoms with Crippen molar-refractivity contribution in [3.05, 3.63) is 41.0 Å². The Morgan fingerprint density at radius 3 is 3.00 bits per heavy atom. The third-order valence-corrected chi connectivity index (χ3v) is 3.59. The largest absolute Gasteiger partial charge is 0.355 e. The minimum atomic E-state index is -0.144. The molecule has 6 heteroatoms. The summed E-state index contributed by atoms with van der Waals surface area (Å²) in [5.41, 5.74) is 6.90. The van der Waals surface area contributed by atoms with E-state index in [0.717, 1.165) is 12.0 Å². The van der Waals surface area contributed by atoms with Gasteiger partial charge in [0.25, 0.3) is 5.91 Å². The quantitative estimate of drug-likeness (QED) is 0.920. The lowest BCUT2D eigenvalue weighted by Crippen LogP contribution is -2.32. The van der Waals surface area contributed by atoms with Crippen molar-refractivity contribution < 1.29 is 9.32 Å². The fourth-order valence-corrected chi connectivity index (χ4v) is 2.48. The van der Waals surface area contributed by atoms with E-state index >= 15 is 0 Å². The van der Waals surface area contributed by atoms with E-state index in [1.54, 1.807) is 23.1 Å². The van der Waals surface area contributed by atoms with E-state index in [4.69, 9.17) is 21.9 Å². The van der Waals surface area contributed by atoms with Gasteiger partial charge in [0.2, 0.25) is 0 Å². The van der Waals surface area contributed by atoms with Crippen LogP contribution in [0.15, 0.2) is 34.9 Å². The summed E-state index contributed by atoms with van der Waals surface area (Å²) in [6.45, 7) is 1.23. The first-order valence-corrected chi connectivity index (χ1v) is 6.79. The van der Waals surface area contributed by atoms with Crippen LogP contribution in [0.5, 0.6) is 0 Å². The molecule has 5 nitrogen and oxygen atoms in total. The monoisotopic (exact) mass is 291 g/mol. The predicted molar refractivity (Wildman–Crippen MR) is 75.4 cm³/mol. The molecule has 104 valence electrons. The molecule has 1 aliphatic rings. The number of nitrogens with zero attached hydrogens (tertiary/aromatic N) is 2.